The Morgan fingerprint density at radius 1 is 0.778 bits per heavy atom. The Morgan fingerprint density at radius 2 is 1.44 bits per heavy atom. The Labute approximate surface area is 126 Å². The predicted octanol–water partition coefficient (Wildman–Crippen LogP) is 6.20. The lowest BCUT2D eigenvalue weighted by atomic mass is 10.0. The van der Waals surface area contributed by atoms with Gasteiger partial charge >= 0.3 is 0 Å². The summed E-state index contributed by atoms with van der Waals surface area (Å²) in [6.07, 6.45) is 0.683. The summed E-state index contributed by atoms with van der Waals surface area (Å²) < 4.78 is 0. The van der Waals surface area contributed by atoms with E-state index in [9.17, 15) is 0 Å². The maximum Gasteiger partial charge on any atom is 0.0595 e. The van der Waals surface area contributed by atoms with Crippen LogP contribution >= 0.6 is 46.4 Å². The van der Waals surface area contributed by atoms with E-state index in [1.807, 2.05) is 25.1 Å². The summed E-state index contributed by atoms with van der Waals surface area (Å²) in [5, 5.41) is 2.49. The molecule has 0 aliphatic rings. The van der Waals surface area contributed by atoms with Crippen molar-refractivity contribution >= 4 is 46.4 Å². The highest BCUT2D eigenvalue weighted by molar-refractivity contribution is 6.42. The Bertz CT molecular complexity index is 591. The number of hydrogen-bond donors (Lipinski definition) is 0. The molecule has 18 heavy (non-hydrogen) atoms. The van der Waals surface area contributed by atoms with Crippen molar-refractivity contribution in [3.63, 3.8) is 0 Å². The summed E-state index contributed by atoms with van der Waals surface area (Å²) in [6, 6.07) is 9.17. The number of benzene rings is 2. The van der Waals surface area contributed by atoms with Crippen LogP contribution in [-0.2, 0) is 6.42 Å². The van der Waals surface area contributed by atoms with Crippen molar-refractivity contribution in [3.8, 4) is 0 Å². The number of hydrogen-bond acceptors (Lipinski definition) is 0. The highest BCUT2D eigenvalue weighted by Crippen LogP contribution is 2.29. The van der Waals surface area contributed by atoms with Gasteiger partial charge in [0.1, 0.15) is 0 Å². The molecule has 0 N–H and O–H groups in total. The second-order valence-corrected chi connectivity index (χ2v) is 5.76. The molecule has 0 unspecified atom stereocenters. The van der Waals surface area contributed by atoms with Gasteiger partial charge in [0.25, 0.3) is 0 Å². The first-order chi connectivity index (χ1) is 8.47. The standard InChI is InChI=1S/C14H10Cl4/c1-8-4-13(17)14(18)7-9(8)5-10-6-11(15)2-3-12(10)16/h2-4,6-7H,5H2,1H3. The minimum atomic E-state index is 0.551. The Balaban J connectivity index is 2.40. The first kappa shape index (κ1) is 14.0. The first-order valence-electron chi connectivity index (χ1n) is 5.36. The van der Waals surface area contributed by atoms with Crippen LogP contribution in [0.5, 0.6) is 0 Å². The summed E-state index contributed by atoms with van der Waals surface area (Å²) in [6.45, 7) is 2.00. The lowest BCUT2D eigenvalue weighted by molar-refractivity contribution is 1.16. The van der Waals surface area contributed by atoms with Gasteiger partial charge in [0.05, 0.1) is 10.0 Å². The van der Waals surface area contributed by atoms with Crippen LogP contribution in [-0.4, -0.2) is 0 Å². The van der Waals surface area contributed by atoms with Crippen molar-refractivity contribution in [2.24, 2.45) is 0 Å². The average molecular weight is 320 g/mol. The maximum atomic E-state index is 6.15. The van der Waals surface area contributed by atoms with Crippen LogP contribution in [0.4, 0.5) is 0 Å². The van der Waals surface area contributed by atoms with Crippen LogP contribution < -0.4 is 0 Å². The third-order valence-electron chi connectivity index (χ3n) is 2.77. The van der Waals surface area contributed by atoms with Gasteiger partial charge in [-0.3, -0.25) is 0 Å². The molecular weight excluding hydrogens is 310 g/mol. The van der Waals surface area contributed by atoms with E-state index in [0.717, 1.165) is 16.7 Å². The zero-order valence-corrected chi connectivity index (χ0v) is 12.6. The molecule has 0 heterocycles. The molecule has 2 aromatic rings. The highest BCUT2D eigenvalue weighted by Gasteiger charge is 2.08. The molecule has 0 saturated heterocycles. The molecule has 0 saturated carbocycles. The SMILES string of the molecule is Cc1cc(Cl)c(Cl)cc1Cc1cc(Cl)ccc1Cl. The molecule has 94 valence electrons. The van der Waals surface area contributed by atoms with E-state index in [2.05, 4.69) is 0 Å². The monoisotopic (exact) mass is 318 g/mol. The van der Waals surface area contributed by atoms with Crippen molar-refractivity contribution in [3.05, 3.63) is 67.1 Å². The fourth-order valence-electron chi connectivity index (χ4n) is 1.76. The van der Waals surface area contributed by atoms with Crippen molar-refractivity contribution in [1.29, 1.82) is 0 Å². The number of rotatable bonds is 2. The van der Waals surface area contributed by atoms with E-state index in [0.29, 0.717) is 26.5 Å². The molecule has 0 bridgehead atoms. The van der Waals surface area contributed by atoms with E-state index in [1.54, 1.807) is 12.1 Å². The molecule has 0 nitrogen and oxygen atoms in total. The Morgan fingerprint density at radius 3 is 2.17 bits per heavy atom. The zero-order valence-electron chi connectivity index (χ0n) is 9.61. The van der Waals surface area contributed by atoms with Crippen molar-refractivity contribution in [2.45, 2.75) is 13.3 Å². The molecule has 0 atom stereocenters. The number of aryl methyl sites for hydroxylation is 1. The first-order valence-corrected chi connectivity index (χ1v) is 6.87. The minimum Gasteiger partial charge on any atom is -0.0843 e. The van der Waals surface area contributed by atoms with Crippen LogP contribution in [0.3, 0.4) is 0 Å². The molecule has 0 radical (unpaired) electrons. The summed E-state index contributed by atoms with van der Waals surface area (Å²) in [7, 11) is 0. The van der Waals surface area contributed by atoms with Crippen LogP contribution in [0.1, 0.15) is 16.7 Å². The van der Waals surface area contributed by atoms with Gasteiger partial charge in [-0.25, -0.2) is 0 Å². The summed E-state index contributed by atoms with van der Waals surface area (Å²) in [5.41, 5.74) is 3.15. The van der Waals surface area contributed by atoms with Crippen LogP contribution in [0, 0.1) is 6.92 Å². The van der Waals surface area contributed by atoms with Crippen molar-refractivity contribution < 1.29 is 0 Å². The summed E-state index contributed by atoms with van der Waals surface area (Å²) in [5.74, 6) is 0. The quantitative estimate of drug-likeness (QED) is 0.618. The lowest BCUT2D eigenvalue weighted by Crippen LogP contribution is -1.93. The predicted molar refractivity (Wildman–Crippen MR) is 80.5 cm³/mol. The molecule has 2 rings (SSSR count). The smallest absolute Gasteiger partial charge is 0.0595 e. The molecule has 0 aromatic heterocycles. The fraction of sp³-hybridized carbons (Fsp3) is 0.143. The summed E-state index contributed by atoms with van der Waals surface area (Å²) in [4.78, 5) is 0. The highest BCUT2D eigenvalue weighted by atomic mass is 35.5. The molecule has 0 fully saturated rings. The third kappa shape index (κ3) is 3.13. The van der Waals surface area contributed by atoms with Gasteiger partial charge in [-0.2, -0.15) is 0 Å². The largest absolute Gasteiger partial charge is 0.0843 e. The normalized spacial score (nSPS) is 10.7. The molecule has 0 spiro atoms. The van der Waals surface area contributed by atoms with E-state index >= 15 is 0 Å². The van der Waals surface area contributed by atoms with E-state index in [1.165, 1.54) is 0 Å². The molecule has 0 aliphatic carbocycles. The van der Waals surface area contributed by atoms with Gasteiger partial charge in [0.2, 0.25) is 0 Å². The van der Waals surface area contributed by atoms with Crippen LogP contribution in [0.25, 0.3) is 0 Å². The zero-order chi connectivity index (χ0) is 13.3. The van der Waals surface area contributed by atoms with Gasteiger partial charge < -0.3 is 0 Å². The molecule has 4 heteroatoms. The molecule has 2 aromatic carbocycles. The topological polar surface area (TPSA) is 0 Å². The second-order valence-electron chi connectivity index (χ2n) is 4.11. The molecular formula is C14H10Cl4. The van der Waals surface area contributed by atoms with Gasteiger partial charge in [0, 0.05) is 10.0 Å². The number of halogens is 4. The summed E-state index contributed by atoms with van der Waals surface area (Å²) >= 11 is 24.1. The second kappa shape index (κ2) is 5.71. The van der Waals surface area contributed by atoms with E-state index < -0.39 is 0 Å². The van der Waals surface area contributed by atoms with E-state index in [-0.39, 0.29) is 0 Å². The van der Waals surface area contributed by atoms with E-state index in [4.69, 9.17) is 46.4 Å². The fourth-order valence-corrected chi connectivity index (χ4v) is 2.55. The van der Waals surface area contributed by atoms with Crippen molar-refractivity contribution in [1.82, 2.24) is 0 Å². The van der Waals surface area contributed by atoms with Crippen LogP contribution in [0.15, 0.2) is 30.3 Å². The molecule has 0 amide bonds. The molecule has 0 aliphatic heterocycles. The third-order valence-corrected chi connectivity index (χ3v) is 4.09. The lowest BCUT2D eigenvalue weighted by Gasteiger charge is -2.10. The van der Waals surface area contributed by atoms with Crippen LogP contribution in [0.2, 0.25) is 20.1 Å². The Hall–Kier alpha value is -0.400. The van der Waals surface area contributed by atoms with Gasteiger partial charge in [-0.05, 0) is 60.4 Å². The van der Waals surface area contributed by atoms with Gasteiger partial charge in [-0.1, -0.05) is 46.4 Å². The van der Waals surface area contributed by atoms with Gasteiger partial charge in [0.15, 0.2) is 0 Å². The Kier molecular flexibility index (Phi) is 4.45. The maximum absolute atomic E-state index is 6.15. The minimum absolute atomic E-state index is 0.551. The average Bonchev–Trinajstić information content (AvgIpc) is 2.30. The van der Waals surface area contributed by atoms with Crippen molar-refractivity contribution in [2.75, 3.05) is 0 Å². The van der Waals surface area contributed by atoms with Gasteiger partial charge in [-0.15, -0.1) is 0 Å².